The van der Waals surface area contributed by atoms with Crippen LogP contribution < -0.4 is 0 Å². The maximum absolute atomic E-state index is 4.96. The largest absolute Gasteiger partial charge is 2.00 e. The Hall–Kier alpha value is -4.65. The number of aromatic nitrogens is 2. The Balaban J connectivity index is 0.00000392. The summed E-state index contributed by atoms with van der Waals surface area (Å²) >= 11 is 0. The summed E-state index contributed by atoms with van der Waals surface area (Å²) in [6.07, 6.45) is 3.87. The third-order valence-corrected chi connectivity index (χ3v) is 10.1. The third-order valence-electron chi connectivity index (χ3n) is 10.1. The van der Waals surface area contributed by atoms with E-state index in [1.165, 1.54) is 33.4 Å². The van der Waals surface area contributed by atoms with E-state index < -0.39 is 5.41 Å². The molecular weight excluding hydrogens is 788 g/mol. The first-order valence-corrected chi connectivity index (χ1v) is 17.2. The van der Waals surface area contributed by atoms with Gasteiger partial charge in [-0.2, -0.15) is 0 Å². The zero-order chi connectivity index (χ0) is 34.0. The van der Waals surface area contributed by atoms with E-state index in [0.29, 0.717) is 0 Å². The van der Waals surface area contributed by atoms with E-state index in [2.05, 4.69) is 175 Å². The Bertz CT molecular complexity index is 2330. The summed E-state index contributed by atoms with van der Waals surface area (Å²) in [5, 5.41) is 2.30. The molecule has 0 bridgehead atoms. The third kappa shape index (κ3) is 5.55. The van der Waals surface area contributed by atoms with Crippen molar-refractivity contribution in [3.63, 3.8) is 0 Å². The smallest absolute Gasteiger partial charge is 0.305 e. The van der Waals surface area contributed by atoms with Gasteiger partial charge in [0.05, 0.1) is 0 Å². The van der Waals surface area contributed by atoms with E-state index in [1.807, 2.05) is 12.4 Å². The minimum Gasteiger partial charge on any atom is -0.305 e. The summed E-state index contributed by atoms with van der Waals surface area (Å²) in [4.78, 5) is 9.81. The average molecular weight is 828 g/mol. The Kier molecular flexibility index (Phi) is 8.52. The molecule has 2 aromatic heterocycles. The fourth-order valence-electron chi connectivity index (χ4n) is 7.52. The molecule has 0 saturated heterocycles. The topological polar surface area (TPSA) is 25.8 Å². The summed E-state index contributed by atoms with van der Waals surface area (Å²) < 4.78 is 0. The molecule has 0 atom stereocenters. The van der Waals surface area contributed by atoms with Gasteiger partial charge in [-0.25, -0.2) is 0 Å². The Morgan fingerprint density at radius 2 is 1.08 bits per heavy atom. The van der Waals surface area contributed by atoms with Gasteiger partial charge in [-0.3, -0.25) is 0 Å². The quantitative estimate of drug-likeness (QED) is 0.165. The number of hydrogen-bond donors (Lipinski definition) is 0. The van der Waals surface area contributed by atoms with Gasteiger partial charge in [0.2, 0.25) is 0 Å². The number of hydrogen-bond acceptors (Lipinski definition) is 2. The van der Waals surface area contributed by atoms with E-state index in [-0.39, 0.29) is 31.9 Å². The van der Waals surface area contributed by atoms with Crippen LogP contribution in [0, 0.1) is 12.1 Å². The first kappa shape index (κ1) is 33.8. The number of benzene rings is 5. The maximum Gasteiger partial charge on any atom is 2.00 e. The molecule has 2 nitrogen and oxygen atoms in total. The van der Waals surface area contributed by atoms with Gasteiger partial charge in [0.25, 0.3) is 0 Å². The van der Waals surface area contributed by atoms with E-state index >= 15 is 0 Å². The van der Waals surface area contributed by atoms with Crippen LogP contribution in [0.25, 0.3) is 44.4 Å². The zero-order valence-electron chi connectivity index (χ0n) is 29.4. The average Bonchev–Trinajstić information content (AvgIpc) is 3.42. The number of fused-ring (bicyclic) bond motifs is 4. The predicted octanol–water partition coefficient (Wildman–Crippen LogP) is 11.5. The molecule has 0 N–H and O–H groups in total. The van der Waals surface area contributed by atoms with E-state index in [0.717, 1.165) is 44.4 Å². The molecule has 1 aliphatic carbocycles. The number of pyridine rings is 2. The van der Waals surface area contributed by atoms with E-state index in [4.69, 9.17) is 9.97 Å². The Morgan fingerprint density at radius 1 is 0.520 bits per heavy atom. The molecule has 0 fully saturated rings. The van der Waals surface area contributed by atoms with Crippen LogP contribution in [0.4, 0.5) is 0 Å². The monoisotopic (exact) mass is 827 g/mol. The number of nitrogens with zero attached hydrogens (tertiary/aromatic N) is 2. The van der Waals surface area contributed by atoms with Crippen molar-refractivity contribution in [1.29, 1.82) is 0 Å². The van der Waals surface area contributed by atoms with Crippen molar-refractivity contribution in [2.24, 2.45) is 0 Å². The molecule has 1 aliphatic rings. The SMILES string of the molecule is CC(C)(C)c1ccnc(-c2[c-]c(C3(c4[c-]c(-c5cc(C(C)(C)C)ccn5)c5ccccc5c4)c4ccccc4-c4ccccc43)ccc2)c1.[Pt+2]. The van der Waals surface area contributed by atoms with Crippen LogP contribution in [-0.2, 0) is 37.3 Å². The molecule has 248 valence electrons. The van der Waals surface area contributed by atoms with Gasteiger partial charge < -0.3 is 9.97 Å². The molecule has 2 heterocycles. The number of rotatable bonds is 4. The zero-order valence-corrected chi connectivity index (χ0v) is 31.7. The summed E-state index contributed by atoms with van der Waals surface area (Å²) in [6, 6.07) is 51.9. The van der Waals surface area contributed by atoms with Crippen molar-refractivity contribution in [2.45, 2.75) is 57.8 Å². The van der Waals surface area contributed by atoms with Crippen molar-refractivity contribution in [3.05, 3.63) is 179 Å². The molecule has 0 aliphatic heterocycles. The minimum absolute atomic E-state index is 0. The van der Waals surface area contributed by atoms with Gasteiger partial charge in [0.1, 0.15) is 0 Å². The molecule has 5 aromatic carbocycles. The van der Waals surface area contributed by atoms with Crippen molar-refractivity contribution in [3.8, 4) is 33.6 Å². The normalized spacial score (nSPS) is 13.4. The molecule has 0 spiro atoms. The molecule has 7 aromatic rings. The fourth-order valence-corrected chi connectivity index (χ4v) is 7.52. The first-order chi connectivity index (χ1) is 23.5. The van der Waals surface area contributed by atoms with E-state index in [1.54, 1.807) is 0 Å². The second-order valence-electron chi connectivity index (χ2n) is 15.3. The summed E-state index contributed by atoms with van der Waals surface area (Å²) in [5.74, 6) is 0. The van der Waals surface area contributed by atoms with Gasteiger partial charge in [-0.15, -0.1) is 64.0 Å². The molecule has 8 rings (SSSR count). The fraction of sp³-hybridized carbons (Fsp3) is 0.191. The second kappa shape index (κ2) is 12.6. The first-order valence-electron chi connectivity index (χ1n) is 17.2. The maximum atomic E-state index is 4.96. The molecule has 0 amide bonds. The molecular formula is C47H40N2Pt. The van der Waals surface area contributed by atoms with Gasteiger partial charge >= 0.3 is 21.1 Å². The van der Waals surface area contributed by atoms with Crippen molar-refractivity contribution in [2.75, 3.05) is 0 Å². The minimum atomic E-state index is -0.675. The van der Waals surface area contributed by atoms with Crippen molar-refractivity contribution >= 4 is 10.8 Å². The van der Waals surface area contributed by atoms with Crippen LogP contribution in [0.3, 0.4) is 0 Å². The molecule has 0 unspecified atom stereocenters. The molecule has 0 saturated carbocycles. The van der Waals surface area contributed by atoms with Crippen molar-refractivity contribution < 1.29 is 21.1 Å². The van der Waals surface area contributed by atoms with Crippen LogP contribution in [0.1, 0.15) is 74.9 Å². The van der Waals surface area contributed by atoms with Crippen molar-refractivity contribution in [1.82, 2.24) is 9.97 Å². The summed E-state index contributed by atoms with van der Waals surface area (Å²) in [5.41, 5.74) is 12.7. The van der Waals surface area contributed by atoms with Gasteiger partial charge in [-0.05, 0) is 67.7 Å². The van der Waals surface area contributed by atoms with Gasteiger partial charge in [0, 0.05) is 17.8 Å². The predicted molar refractivity (Wildman–Crippen MR) is 203 cm³/mol. The van der Waals surface area contributed by atoms with Gasteiger partial charge in [-0.1, -0.05) is 132 Å². The van der Waals surface area contributed by atoms with E-state index in [9.17, 15) is 0 Å². The van der Waals surface area contributed by atoms with Crippen LogP contribution >= 0.6 is 0 Å². The van der Waals surface area contributed by atoms with Gasteiger partial charge in [0.15, 0.2) is 0 Å². The molecule has 0 radical (unpaired) electrons. The van der Waals surface area contributed by atoms with Crippen LogP contribution in [0.15, 0.2) is 134 Å². The van der Waals surface area contributed by atoms with Crippen LogP contribution in [0.5, 0.6) is 0 Å². The summed E-state index contributed by atoms with van der Waals surface area (Å²) in [7, 11) is 0. The Morgan fingerprint density at radius 3 is 1.72 bits per heavy atom. The van der Waals surface area contributed by atoms with Crippen LogP contribution in [0.2, 0.25) is 0 Å². The second-order valence-corrected chi connectivity index (χ2v) is 15.3. The Labute approximate surface area is 311 Å². The summed E-state index contributed by atoms with van der Waals surface area (Å²) in [6.45, 7) is 13.5. The van der Waals surface area contributed by atoms with Crippen LogP contribution in [-0.4, -0.2) is 9.97 Å². The molecule has 50 heavy (non-hydrogen) atoms. The molecule has 3 heteroatoms. The standard InChI is InChI=1S/C47H40N2.Pt/c1-45(2,3)33-22-24-48-43(29-33)32-15-13-16-35(27-32)47(41-20-11-9-18-38(41)39-19-10-12-21-42(39)47)36-26-31-14-7-8-17-37(31)40(28-36)44-30-34(23-25-49-44)46(4,5)6;/h7-26,29-30H,1-6H3;/q-2;+2.